The molecule has 0 aliphatic heterocycles. The number of carbonyl (C=O) groups excluding carboxylic acids is 8. The Morgan fingerprint density at radius 1 is 0.404 bits per heavy atom. The lowest BCUT2D eigenvalue weighted by Crippen LogP contribution is -2.55. The van der Waals surface area contributed by atoms with Crippen molar-refractivity contribution in [3.8, 4) is 0 Å². The van der Waals surface area contributed by atoms with Crippen LogP contribution < -0.4 is 63.4 Å². The number of rotatable bonds is 47. The Kier molecular flexibility index (Phi) is 35.1. The summed E-state index contributed by atoms with van der Waals surface area (Å²) in [7, 11) is -8.17. The van der Waals surface area contributed by atoms with Gasteiger partial charge >= 0.3 is 0 Å². The zero-order valence-electron chi connectivity index (χ0n) is 52.3. The number of nitrogens with two attached hydrogens (primary N) is 2. The monoisotopic (exact) mass is 1350 g/mol. The van der Waals surface area contributed by atoms with Crippen molar-refractivity contribution in [2.45, 2.75) is 113 Å². The van der Waals surface area contributed by atoms with E-state index in [1.54, 1.807) is 109 Å². The number of nitrogen functional groups attached to an aromatic ring is 2. The molecule has 94 heavy (non-hydrogen) atoms. The summed E-state index contributed by atoms with van der Waals surface area (Å²) in [6.07, 6.45) is 1.14. The summed E-state index contributed by atoms with van der Waals surface area (Å²) in [6, 6.07) is 24.1. The molecule has 0 saturated carbocycles. The number of aliphatic hydroxyl groups excluding tert-OH is 2. The van der Waals surface area contributed by atoms with E-state index >= 15 is 0 Å². The molecule has 4 aromatic rings. The fourth-order valence-corrected chi connectivity index (χ4v) is 11.5. The van der Waals surface area contributed by atoms with Crippen LogP contribution in [0.1, 0.15) is 97.6 Å². The second-order valence-electron chi connectivity index (χ2n) is 21.6. The van der Waals surface area contributed by atoms with Crippen LogP contribution in [0, 0.1) is 10.8 Å². The van der Waals surface area contributed by atoms with Gasteiger partial charge in [-0.3, -0.25) is 49.2 Å². The highest BCUT2D eigenvalue weighted by Crippen LogP contribution is 2.11. The number of hydrogen-bond acceptors (Lipinski definition) is 18. The number of amidine groups is 2. The third-order valence-electron chi connectivity index (χ3n) is 13.9. The molecule has 4 atom stereocenters. The highest BCUT2D eigenvalue weighted by atomic mass is 32.2. The van der Waals surface area contributed by atoms with Gasteiger partial charge in [0, 0.05) is 76.1 Å². The summed E-state index contributed by atoms with van der Waals surface area (Å²) in [5.74, 6) is -5.74. The average Bonchev–Trinajstić information content (AvgIpc) is 0.969. The summed E-state index contributed by atoms with van der Waals surface area (Å²) < 4.78 is 66.8. The van der Waals surface area contributed by atoms with Gasteiger partial charge in [0.2, 0.25) is 67.3 Å². The topological polar surface area (TPSA) is 484 Å². The molecule has 0 fully saturated rings. The molecule has 4 rings (SSSR count). The number of amides is 8. The molecule has 0 radical (unpaired) electrons. The maximum atomic E-state index is 13.4. The maximum absolute atomic E-state index is 13.4. The first kappa shape index (κ1) is 77.7. The van der Waals surface area contributed by atoms with E-state index in [2.05, 4.69) is 52.0 Å². The van der Waals surface area contributed by atoms with E-state index in [1.807, 2.05) is 0 Å². The zero-order valence-corrected chi connectivity index (χ0v) is 53.9. The lowest BCUT2D eigenvalue weighted by Gasteiger charge is -2.22. The molecule has 8 amide bonds. The SMILES string of the molecule is N=C(N)c1ccc(CNC(=O)[C@H](CCCCNC(=O)CCC(=O)NCCOCCOCCNC(=O)CCC(=O)NCCCC[C@H](NC(=O)[C@@H](CO)NS(=O)(=O)Cc2ccccc2)C(=O)NCc2ccc(C(=N)N)cc2)NC(=O)[C@@H](CO)NS(=O)(=O)Cc2ccccc2)cc1. The lowest BCUT2D eigenvalue weighted by atomic mass is 10.1. The summed E-state index contributed by atoms with van der Waals surface area (Å²) in [6.45, 7) is -0.278. The van der Waals surface area contributed by atoms with Crippen molar-refractivity contribution in [3.05, 3.63) is 143 Å². The molecule has 0 bridgehead atoms. The van der Waals surface area contributed by atoms with E-state index < -0.39 is 104 Å². The smallest absolute Gasteiger partial charge is 0.242 e. The third kappa shape index (κ3) is 32.2. The Balaban J connectivity index is 1.05. The molecule has 0 aliphatic carbocycles. The van der Waals surface area contributed by atoms with Gasteiger partial charge in [0.1, 0.15) is 35.8 Å². The molecule has 0 saturated heterocycles. The minimum Gasteiger partial charge on any atom is -0.394 e. The van der Waals surface area contributed by atoms with Crippen LogP contribution in [0.3, 0.4) is 0 Å². The van der Waals surface area contributed by atoms with Gasteiger partial charge in [0.25, 0.3) is 0 Å². The van der Waals surface area contributed by atoms with E-state index in [0.29, 0.717) is 59.1 Å². The fourth-order valence-electron chi connectivity index (χ4n) is 8.82. The van der Waals surface area contributed by atoms with Gasteiger partial charge in [-0.25, -0.2) is 26.3 Å². The number of sulfonamides is 2. The Morgan fingerprint density at radius 3 is 1.05 bits per heavy atom. The van der Waals surface area contributed by atoms with Crippen molar-refractivity contribution in [2.24, 2.45) is 11.5 Å². The second kappa shape index (κ2) is 42.5. The first-order chi connectivity index (χ1) is 45.0. The minimum atomic E-state index is -4.09. The number of ether oxygens (including phenoxy) is 2. The van der Waals surface area contributed by atoms with Crippen LogP contribution in [0.15, 0.2) is 109 Å². The van der Waals surface area contributed by atoms with E-state index in [-0.39, 0.29) is 128 Å². The fraction of sp³-hybridized carbons (Fsp3) is 0.452. The zero-order chi connectivity index (χ0) is 68.7. The first-order valence-electron chi connectivity index (χ1n) is 30.5. The molecule has 18 N–H and O–H groups in total. The Hall–Kier alpha value is -8.76. The number of benzene rings is 4. The molecule has 0 unspecified atom stereocenters. The summed E-state index contributed by atoms with van der Waals surface area (Å²) in [4.78, 5) is 103. The van der Waals surface area contributed by atoms with Crippen LogP contribution in [0.25, 0.3) is 0 Å². The molecule has 0 heterocycles. The van der Waals surface area contributed by atoms with Crippen molar-refractivity contribution < 1.29 is 74.9 Å². The van der Waals surface area contributed by atoms with Crippen molar-refractivity contribution >= 4 is 79.0 Å². The van der Waals surface area contributed by atoms with E-state index in [4.69, 9.17) is 31.8 Å². The van der Waals surface area contributed by atoms with Crippen molar-refractivity contribution in [1.82, 2.24) is 52.0 Å². The van der Waals surface area contributed by atoms with Gasteiger partial charge in [-0.15, -0.1) is 0 Å². The molecular weight excluding hydrogens is 1260 g/mol. The standard InChI is InChI=1S/C62H88N14O16S2/c63-57(64)47-21-17-43(18-22-47)37-71-59(83)49(73-61(85)51(39-77)75-93(87,88)41-45-11-3-1-4-12-45)15-7-9-29-67-53(79)25-27-55(81)69-31-33-91-35-36-92-34-32-70-56(82)28-26-54(80)68-30-10-8-16-50(60(84)72-38-44-19-23-48(24-20-44)58(65)66)74-62(86)52(40-78)76-94(89,90)42-46-13-5-2-6-14-46/h1-6,11-14,17-24,49-52,75-78H,7-10,15-16,25-42H2,(H3,63,64)(H3,65,66)(H,67,79)(H,68,80)(H,69,81)(H,70,82)(H,71,83)(H,72,84)(H,73,85)(H,74,86)/t49-,50-,51+,52+/m0/s1. The van der Waals surface area contributed by atoms with E-state index in [9.17, 15) is 65.4 Å². The van der Waals surface area contributed by atoms with Gasteiger partial charge in [-0.2, -0.15) is 0 Å². The molecule has 514 valence electrons. The molecule has 0 spiro atoms. The van der Waals surface area contributed by atoms with Crippen LogP contribution in [-0.4, -0.2) is 176 Å². The highest BCUT2D eigenvalue weighted by molar-refractivity contribution is 7.89. The van der Waals surface area contributed by atoms with Crippen LogP contribution in [0.2, 0.25) is 0 Å². The van der Waals surface area contributed by atoms with Crippen molar-refractivity contribution in [1.29, 1.82) is 10.8 Å². The van der Waals surface area contributed by atoms with Gasteiger partial charge < -0.3 is 73.7 Å². The quantitative estimate of drug-likeness (QED) is 0.0136. The average molecular weight is 1350 g/mol. The Morgan fingerprint density at radius 2 is 0.734 bits per heavy atom. The highest BCUT2D eigenvalue weighted by Gasteiger charge is 2.30. The van der Waals surface area contributed by atoms with Gasteiger partial charge in [0.05, 0.1) is 51.1 Å². The summed E-state index contributed by atoms with van der Waals surface area (Å²) in [5, 5.41) is 56.4. The normalized spacial score (nSPS) is 12.6. The van der Waals surface area contributed by atoms with Crippen molar-refractivity contribution in [3.63, 3.8) is 0 Å². The van der Waals surface area contributed by atoms with Crippen molar-refractivity contribution in [2.75, 3.05) is 65.8 Å². The largest absolute Gasteiger partial charge is 0.394 e. The summed E-state index contributed by atoms with van der Waals surface area (Å²) in [5.41, 5.74) is 14.3. The van der Waals surface area contributed by atoms with Crippen LogP contribution in [0.4, 0.5) is 0 Å². The Labute approximate surface area is 547 Å². The molecule has 0 aliphatic rings. The molecular formula is C62H88N14O16S2. The van der Waals surface area contributed by atoms with E-state index in [0.717, 1.165) is 0 Å². The maximum Gasteiger partial charge on any atom is 0.242 e. The molecule has 32 heteroatoms. The number of nitrogens with one attached hydrogen (secondary N) is 12. The van der Waals surface area contributed by atoms with Gasteiger partial charge in [-0.1, -0.05) is 109 Å². The van der Waals surface area contributed by atoms with Crippen LogP contribution in [0.5, 0.6) is 0 Å². The Bertz CT molecular complexity index is 3100. The first-order valence-corrected chi connectivity index (χ1v) is 33.8. The predicted molar refractivity (Wildman–Crippen MR) is 348 cm³/mol. The molecule has 30 nitrogen and oxygen atoms in total. The molecule has 0 aromatic heterocycles. The number of aliphatic hydroxyl groups is 2. The second-order valence-corrected chi connectivity index (χ2v) is 25.1. The lowest BCUT2D eigenvalue weighted by molar-refractivity contribution is -0.130. The number of hydrogen-bond donors (Lipinski definition) is 16. The minimum absolute atomic E-state index is 0.0521. The predicted octanol–water partition coefficient (Wildman–Crippen LogP) is -1.48. The van der Waals surface area contributed by atoms with Gasteiger partial charge in [0.15, 0.2) is 0 Å². The number of carbonyl (C=O) groups is 8. The van der Waals surface area contributed by atoms with E-state index in [1.165, 1.54) is 0 Å². The third-order valence-corrected chi connectivity index (χ3v) is 16.6. The van der Waals surface area contributed by atoms with Crippen LogP contribution >= 0.6 is 0 Å². The van der Waals surface area contributed by atoms with Gasteiger partial charge in [-0.05, 0) is 60.8 Å². The number of unbranched alkanes of at least 4 members (excludes halogenated alkanes) is 2. The molecule has 4 aromatic carbocycles. The van der Waals surface area contributed by atoms with Crippen LogP contribution in [-0.2, 0) is 92.5 Å². The summed E-state index contributed by atoms with van der Waals surface area (Å²) >= 11 is 0.